The smallest absolute Gasteiger partial charge is 0.333 e. The molecule has 3 nitrogen and oxygen atoms in total. The summed E-state index contributed by atoms with van der Waals surface area (Å²) < 4.78 is 6.13. The predicted molar refractivity (Wildman–Crippen MR) is 118 cm³/mol. The molecule has 0 aliphatic carbocycles. The first-order valence-electron chi connectivity index (χ1n) is 11.5. The maximum Gasteiger partial charge on any atom is 0.333 e. The van der Waals surface area contributed by atoms with Crippen LogP contribution in [0.1, 0.15) is 104 Å². The van der Waals surface area contributed by atoms with E-state index in [4.69, 9.17) is 4.74 Å². The molecule has 0 unspecified atom stereocenters. The van der Waals surface area contributed by atoms with Crippen molar-refractivity contribution in [2.45, 2.75) is 104 Å². The van der Waals surface area contributed by atoms with E-state index in [1.165, 1.54) is 89.9 Å². The van der Waals surface area contributed by atoms with Gasteiger partial charge in [0, 0.05) is 5.57 Å². The Balaban J connectivity index is 0. The summed E-state index contributed by atoms with van der Waals surface area (Å²) in [5.41, 5.74) is 0.479. The van der Waals surface area contributed by atoms with Crippen molar-refractivity contribution in [2.24, 2.45) is 0 Å². The van der Waals surface area contributed by atoms with Crippen LogP contribution in [0.2, 0.25) is 0 Å². The third-order valence-electron chi connectivity index (χ3n) is 5.40. The molecule has 0 amide bonds. The van der Waals surface area contributed by atoms with Crippen molar-refractivity contribution in [3.8, 4) is 0 Å². The molecule has 0 bridgehead atoms. The molecular weight excluding hydrogens is 414 g/mol. The van der Waals surface area contributed by atoms with Crippen LogP contribution in [0.15, 0.2) is 12.2 Å². The highest BCUT2D eigenvalue weighted by atomic mass is 79.9. The molecule has 0 fully saturated rings. The number of esters is 1. The first kappa shape index (κ1) is 29.8. The molecule has 0 saturated carbocycles. The zero-order valence-corrected chi connectivity index (χ0v) is 21.0. The van der Waals surface area contributed by atoms with Gasteiger partial charge in [-0.25, -0.2) is 4.79 Å². The van der Waals surface area contributed by atoms with Gasteiger partial charge in [0.25, 0.3) is 0 Å². The number of likely N-dealkylation sites (N-methyl/N-ethyl adjacent to an activating group) is 1. The van der Waals surface area contributed by atoms with Gasteiger partial charge in [-0.1, -0.05) is 90.6 Å². The van der Waals surface area contributed by atoms with E-state index >= 15 is 0 Å². The number of nitrogens with zero attached hydrogens (tertiary/aromatic N) is 1. The summed E-state index contributed by atoms with van der Waals surface area (Å²) in [5.74, 6) is -0.272. The molecule has 0 aromatic heterocycles. The van der Waals surface area contributed by atoms with E-state index in [9.17, 15) is 4.79 Å². The van der Waals surface area contributed by atoms with Crippen molar-refractivity contribution in [1.29, 1.82) is 0 Å². The molecule has 0 aromatic rings. The number of halogens is 1. The van der Waals surface area contributed by atoms with Crippen LogP contribution in [0.3, 0.4) is 0 Å². The fourth-order valence-electron chi connectivity index (χ4n) is 3.35. The maximum atomic E-state index is 11.4. The minimum Gasteiger partial charge on any atom is -1.00 e. The molecule has 168 valence electrons. The van der Waals surface area contributed by atoms with Gasteiger partial charge in [-0.15, -0.1) is 0 Å². The van der Waals surface area contributed by atoms with Crippen molar-refractivity contribution in [3.05, 3.63) is 12.2 Å². The van der Waals surface area contributed by atoms with E-state index < -0.39 is 0 Å². The molecule has 0 heterocycles. The first-order chi connectivity index (χ1) is 12.9. The number of ether oxygens (including phenoxy) is 1. The second kappa shape index (κ2) is 19.9. The quantitative estimate of drug-likeness (QED) is 0.127. The van der Waals surface area contributed by atoms with E-state index in [0.717, 1.165) is 17.6 Å². The Labute approximate surface area is 186 Å². The van der Waals surface area contributed by atoms with Crippen molar-refractivity contribution in [1.82, 2.24) is 0 Å². The largest absolute Gasteiger partial charge is 1.00 e. The van der Waals surface area contributed by atoms with Crippen LogP contribution in [0.5, 0.6) is 0 Å². The van der Waals surface area contributed by atoms with E-state index in [1.807, 2.05) is 0 Å². The molecule has 0 atom stereocenters. The van der Waals surface area contributed by atoms with Crippen molar-refractivity contribution >= 4 is 5.97 Å². The van der Waals surface area contributed by atoms with Gasteiger partial charge >= 0.3 is 5.97 Å². The van der Waals surface area contributed by atoms with E-state index in [0.29, 0.717) is 12.2 Å². The standard InChI is InChI=1S/C24H48NO2.BrH/c1-6-7-8-9-10-11-12-13-14-15-16-17-18-19-20-25(4,5)21-22-27-24(26)23(2)3;/h2,6-22H2,1,3-5H3;1H/q+1;/p-1. The van der Waals surface area contributed by atoms with Gasteiger partial charge in [0.1, 0.15) is 13.2 Å². The van der Waals surface area contributed by atoms with Crippen LogP contribution in [-0.2, 0) is 9.53 Å². The number of hydrogen-bond acceptors (Lipinski definition) is 2. The Hall–Kier alpha value is -0.350. The number of rotatable bonds is 19. The fraction of sp³-hybridized carbons (Fsp3) is 0.875. The van der Waals surface area contributed by atoms with Crippen molar-refractivity contribution in [3.63, 3.8) is 0 Å². The molecule has 0 N–H and O–H groups in total. The van der Waals surface area contributed by atoms with Gasteiger partial charge in [-0.3, -0.25) is 0 Å². The zero-order chi connectivity index (χ0) is 20.4. The van der Waals surface area contributed by atoms with Crippen molar-refractivity contribution in [2.75, 3.05) is 33.8 Å². The van der Waals surface area contributed by atoms with E-state index in [1.54, 1.807) is 6.92 Å². The van der Waals surface area contributed by atoms with Gasteiger partial charge in [0.2, 0.25) is 0 Å². The monoisotopic (exact) mass is 461 g/mol. The van der Waals surface area contributed by atoms with Crippen molar-refractivity contribution < 1.29 is 31.0 Å². The predicted octanol–water partition coefficient (Wildman–Crippen LogP) is 3.67. The minimum absolute atomic E-state index is 0. The van der Waals surface area contributed by atoms with Gasteiger partial charge < -0.3 is 26.2 Å². The van der Waals surface area contributed by atoms with Crippen LogP contribution < -0.4 is 17.0 Å². The summed E-state index contributed by atoms with van der Waals surface area (Å²) in [6.45, 7) is 10.1. The Bertz CT molecular complexity index is 383. The Morgan fingerprint density at radius 2 is 1.14 bits per heavy atom. The molecule has 0 aromatic carbocycles. The summed E-state index contributed by atoms with van der Waals surface area (Å²) in [4.78, 5) is 11.4. The average molecular weight is 463 g/mol. The van der Waals surface area contributed by atoms with Gasteiger partial charge in [-0.2, -0.15) is 0 Å². The molecule has 0 aliphatic heterocycles. The maximum absolute atomic E-state index is 11.4. The molecular formula is C24H48BrNO2. The van der Waals surface area contributed by atoms with Crippen LogP contribution in [0.25, 0.3) is 0 Å². The van der Waals surface area contributed by atoms with Crippen LogP contribution in [0, 0.1) is 0 Å². The third kappa shape index (κ3) is 20.4. The zero-order valence-electron chi connectivity index (χ0n) is 19.4. The van der Waals surface area contributed by atoms with Crippen LogP contribution in [0.4, 0.5) is 0 Å². The lowest BCUT2D eigenvalue weighted by atomic mass is 10.0. The molecule has 4 heteroatoms. The Kier molecular flexibility index (Phi) is 21.3. The number of carbonyl (C=O) groups is 1. The third-order valence-corrected chi connectivity index (χ3v) is 5.40. The summed E-state index contributed by atoms with van der Waals surface area (Å²) in [6, 6.07) is 0. The molecule has 0 aliphatic rings. The van der Waals surface area contributed by atoms with Gasteiger partial charge in [0.15, 0.2) is 0 Å². The fourth-order valence-corrected chi connectivity index (χ4v) is 3.35. The lowest BCUT2D eigenvalue weighted by molar-refractivity contribution is -0.890. The Morgan fingerprint density at radius 1 is 0.750 bits per heavy atom. The van der Waals surface area contributed by atoms with E-state index in [2.05, 4.69) is 27.6 Å². The average Bonchev–Trinajstić information content (AvgIpc) is 2.61. The number of carbonyl (C=O) groups excluding carboxylic acids is 1. The molecule has 28 heavy (non-hydrogen) atoms. The topological polar surface area (TPSA) is 26.3 Å². The molecule has 0 saturated heterocycles. The SMILES string of the molecule is C=C(C)C(=O)OCC[N+](C)(C)CCCCCCCCCCCCCCCC.[Br-]. The highest BCUT2D eigenvalue weighted by molar-refractivity contribution is 5.86. The minimum atomic E-state index is -0.272. The second-order valence-corrected chi connectivity index (χ2v) is 8.90. The first-order valence-corrected chi connectivity index (χ1v) is 11.5. The van der Waals surface area contributed by atoms with Gasteiger partial charge in [-0.05, 0) is 19.8 Å². The van der Waals surface area contributed by atoms with Crippen LogP contribution in [-0.4, -0.2) is 44.2 Å². The lowest BCUT2D eigenvalue weighted by Gasteiger charge is -2.29. The molecule has 0 rings (SSSR count). The lowest BCUT2D eigenvalue weighted by Crippen LogP contribution is -3.00. The number of quaternary nitrogens is 1. The molecule has 0 radical (unpaired) electrons. The Morgan fingerprint density at radius 3 is 1.54 bits per heavy atom. The summed E-state index contributed by atoms with van der Waals surface area (Å²) in [6.07, 6.45) is 19.6. The summed E-state index contributed by atoms with van der Waals surface area (Å²) >= 11 is 0. The second-order valence-electron chi connectivity index (χ2n) is 8.90. The normalized spacial score (nSPS) is 11.1. The highest BCUT2D eigenvalue weighted by Gasteiger charge is 2.15. The van der Waals surface area contributed by atoms with E-state index in [-0.39, 0.29) is 23.0 Å². The number of hydrogen-bond donors (Lipinski definition) is 0. The molecule has 0 spiro atoms. The highest BCUT2D eigenvalue weighted by Crippen LogP contribution is 2.13. The van der Waals surface area contributed by atoms with Gasteiger partial charge in [0.05, 0.1) is 20.6 Å². The summed E-state index contributed by atoms with van der Waals surface area (Å²) in [7, 11) is 4.44. The number of unbranched alkanes of at least 4 members (excludes halogenated alkanes) is 13. The van der Waals surface area contributed by atoms with Crippen LogP contribution >= 0.6 is 0 Å². The summed E-state index contributed by atoms with van der Waals surface area (Å²) in [5, 5.41) is 0.